The van der Waals surface area contributed by atoms with Crippen molar-refractivity contribution in [3.63, 3.8) is 0 Å². The number of rotatable bonds is 6. The predicted molar refractivity (Wildman–Crippen MR) is 69.5 cm³/mol. The van der Waals surface area contributed by atoms with E-state index in [9.17, 15) is 5.11 Å². The van der Waals surface area contributed by atoms with Crippen LogP contribution in [0, 0.1) is 11.8 Å². The van der Waals surface area contributed by atoms with Crippen molar-refractivity contribution in [2.45, 2.75) is 71.4 Å². The van der Waals surface area contributed by atoms with Gasteiger partial charge in [0.2, 0.25) is 0 Å². The van der Waals surface area contributed by atoms with Crippen molar-refractivity contribution in [2.24, 2.45) is 11.8 Å². The molecule has 0 radical (unpaired) electrons. The molecule has 16 heavy (non-hydrogen) atoms. The molecule has 0 spiro atoms. The molecule has 0 aromatic heterocycles. The molecule has 1 heterocycles. The van der Waals surface area contributed by atoms with E-state index in [-0.39, 0.29) is 6.10 Å². The lowest BCUT2D eigenvalue weighted by molar-refractivity contribution is 0.0589. The Bertz CT molecular complexity index is 184. The molecule has 1 rings (SSSR count). The molecule has 96 valence electrons. The average molecular weight is 227 g/mol. The highest BCUT2D eigenvalue weighted by atomic mass is 16.3. The maximum absolute atomic E-state index is 10.2. The molecule has 0 amide bonds. The minimum atomic E-state index is -0.108. The van der Waals surface area contributed by atoms with Crippen LogP contribution >= 0.6 is 0 Å². The fraction of sp³-hybridized carbons (Fsp3) is 1.00. The molecule has 0 saturated carbocycles. The molecule has 2 N–H and O–H groups in total. The van der Waals surface area contributed by atoms with Gasteiger partial charge in [-0.15, -0.1) is 0 Å². The third-order valence-corrected chi connectivity index (χ3v) is 4.19. The van der Waals surface area contributed by atoms with Crippen LogP contribution in [0.2, 0.25) is 0 Å². The van der Waals surface area contributed by atoms with Gasteiger partial charge < -0.3 is 10.4 Å². The summed E-state index contributed by atoms with van der Waals surface area (Å²) in [6, 6.07) is 0.547. The Kier molecular flexibility index (Phi) is 6.37. The SMILES string of the molecule is CCCC(O)C(CC)C1CC(CC)CCN1. The van der Waals surface area contributed by atoms with Gasteiger partial charge in [-0.25, -0.2) is 0 Å². The van der Waals surface area contributed by atoms with Gasteiger partial charge in [0.15, 0.2) is 0 Å². The molecule has 2 nitrogen and oxygen atoms in total. The molecular formula is C14H29NO. The highest BCUT2D eigenvalue weighted by Crippen LogP contribution is 2.28. The summed E-state index contributed by atoms with van der Waals surface area (Å²) in [5.41, 5.74) is 0. The fourth-order valence-corrected chi connectivity index (χ4v) is 3.06. The Morgan fingerprint density at radius 1 is 1.31 bits per heavy atom. The topological polar surface area (TPSA) is 32.3 Å². The van der Waals surface area contributed by atoms with Crippen LogP contribution in [0.25, 0.3) is 0 Å². The standard InChI is InChI=1S/C14H29NO/c1-4-7-14(16)12(6-3)13-10-11(5-2)8-9-15-13/h11-16H,4-10H2,1-3H3. The summed E-state index contributed by atoms with van der Waals surface area (Å²) in [6.07, 6.45) is 6.88. The van der Waals surface area contributed by atoms with Crippen molar-refractivity contribution >= 4 is 0 Å². The number of aliphatic hydroxyl groups excluding tert-OH is 1. The van der Waals surface area contributed by atoms with Gasteiger partial charge in [-0.1, -0.05) is 33.6 Å². The van der Waals surface area contributed by atoms with Crippen molar-refractivity contribution in [3.8, 4) is 0 Å². The molecule has 0 aliphatic carbocycles. The van der Waals surface area contributed by atoms with Crippen molar-refractivity contribution in [1.29, 1.82) is 0 Å². The number of piperidine rings is 1. The summed E-state index contributed by atoms with van der Waals surface area (Å²) in [4.78, 5) is 0. The quantitative estimate of drug-likeness (QED) is 0.731. The smallest absolute Gasteiger partial charge is 0.0583 e. The van der Waals surface area contributed by atoms with Gasteiger partial charge in [-0.3, -0.25) is 0 Å². The zero-order valence-electron chi connectivity index (χ0n) is 11.2. The van der Waals surface area contributed by atoms with Crippen LogP contribution in [0.3, 0.4) is 0 Å². The summed E-state index contributed by atoms with van der Waals surface area (Å²) >= 11 is 0. The third-order valence-electron chi connectivity index (χ3n) is 4.19. The van der Waals surface area contributed by atoms with Gasteiger partial charge >= 0.3 is 0 Å². The molecule has 4 unspecified atom stereocenters. The normalized spacial score (nSPS) is 30.0. The molecular weight excluding hydrogens is 198 g/mol. The molecule has 1 aliphatic heterocycles. The summed E-state index contributed by atoms with van der Waals surface area (Å²) in [7, 11) is 0. The molecule has 0 bridgehead atoms. The van der Waals surface area contributed by atoms with Crippen molar-refractivity contribution < 1.29 is 5.11 Å². The Hall–Kier alpha value is -0.0800. The first kappa shape index (κ1) is 14.0. The minimum absolute atomic E-state index is 0.108. The third kappa shape index (κ3) is 3.74. The van der Waals surface area contributed by atoms with Crippen LogP contribution in [0.15, 0.2) is 0 Å². The second-order valence-electron chi connectivity index (χ2n) is 5.29. The first-order chi connectivity index (χ1) is 7.72. The average Bonchev–Trinajstić information content (AvgIpc) is 2.31. The minimum Gasteiger partial charge on any atom is -0.393 e. The maximum Gasteiger partial charge on any atom is 0.0583 e. The van der Waals surface area contributed by atoms with E-state index in [0.717, 1.165) is 31.7 Å². The Morgan fingerprint density at radius 3 is 2.62 bits per heavy atom. The zero-order chi connectivity index (χ0) is 12.0. The van der Waals surface area contributed by atoms with Crippen molar-refractivity contribution in [1.82, 2.24) is 5.32 Å². The van der Waals surface area contributed by atoms with E-state index in [1.54, 1.807) is 0 Å². The molecule has 1 aliphatic rings. The zero-order valence-corrected chi connectivity index (χ0v) is 11.2. The molecule has 0 aromatic carbocycles. The van der Waals surface area contributed by atoms with Crippen LogP contribution in [-0.2, 0) is 0 Å². The van der Waals surface area contributed by atoms with Crippen molar-refractivity contribution in [3.05, 3.63) is 0 Å². The first-order valence-corrected chi connectivity index (χ1v) is 7.14. The number of aliphatic hydroxyl groups is 1. The van der Waals surface area contributed by atoms with E-state index >= 15 is 0 Å². The van der Waals surface area contributed by atoms with Crippen LogP contribution in [0.5, 0.6) is 0 Å². The second-order valence-corrected chi connectivity index (χ2v) is 5.29. The molecule has 0 aromatic rings. The van der Waals surface area contributed by atoms with Crippen LogP contribution in [0.1, 0.15) is 59.3 Å². The maximum atomic E-state index is 10.2. The molecule has 4 atom stereocenters. The summed E-state index contributed by atoms with van der Waals surface area (Å²) in [5.74, 6) is 1.32. The highest BCUT2D eigenvalue weighted by molar-refractivity contribution is 4.86. The van der Waals surface area contributed by atoms with Crippen LogP contribution < -0.4 is 5.32 Å². The van der Waals surface area contributed by atoms with Gasteiger partial charge in [0.05, 0.1) is 6.10 Å². The number of hydrogen-bond acceptors (Lipinski definition) is 2. The lowest BCUT2D eigenvalue weighted by atomic mass is 9.80. The molecule has 2 heteroatoms. The van der Waals surface area contributed by atoms with Gasteiger partial charge in [-0.2, -0.15) is 0 Å². The van der Waals surface area contributed by atoms with Gasteiger partial charge in [0, 0.05) is 6.04 Å². The summed E-state index contributed by atoms with van der Waals surface area (Å²) in [5, 5.41) is 13.8. The van der Waals surface area contributed by atoms with E-state index in [1.165, 1.54) is 19.3 Å². The first-order valence-electron chi connectivity index (χ1n) is 7.14. The number of nitrogens with one attached hydrogen (secondary N) is 1. The van der Waals surface area contributed by atoms with Gasteiger partial charge in [0.1, 0.15) is 0 Å². The lowest BCUT2D eigenvalue weighted by Gasteiger charge is -2.37. The van der Waals surface area contributed by atoms with Crippen molar-refractivity contribution in [2.75, 3.05) is 6.54 Å². The van der Waals surface area contributed by atoms with Gasteiger partial charge in [-0.05, 0) is 44.1 Å². The van der Waals surface area contributed by atoms with Gasteiger partial charge in [0.25, 0.3) is 0 Å². The fourth-order valence-electron chi connectivity index (χ4n) is 3.06. The van der Waals surface area contributed by atoms with E-state index < -0.39 is 0 Å². The predicted octanol–water partition coefficient (Wildman–Crippen LogP) is 2.95. The van der Waals surface area contributed by atoms with Crippen LogP contribution in [-0.4, -0.2) is 23.8 Å². The van der Waals surface area contributed by atoms with Crippen LogP contribution in [0.4, 0.5) is 0 Å². The summed E-state index contributed by atoms with van der Waals surface area (Å²) in [6.45, 7) is 7.79. The van der Waals surface area contributed by atoms with E-state index in [1.807, 2.05) is 0 Å². The summed E-state index contributed by atoms with van der Waals surface area (Å²) < 4.78 is 0. The van der Waals surface area contributed by atoms with E-state index in [2.05, 4.69) is 26.1 Å². The Morgan fingerprint density at radius 2 is 2.06 bits per heavy atom. The highest BCUT2D eigenvalue weighted by Gasteiger charge is 2.30. The Balaban J connectivity index is 2.50. The molecule has 1 saturated heterocycles. The largest absolute Gasteiger partial charge is 0.393 e. The second kappa shape index (κ2) is 7.29. The lowest BCUT2D eigenvalue weighted by Crippen LogP contribution is -2.46. The number of hydrogen-bond donors (Lipinski definition) is 2. The van der Waals surface area contributed by atoms with E-state index in [4.69, 9.17) is 0 Å². The molecule has 1 fully saturated rings. The monoisotopic (exact) mass is 227 g/mol. The Labute approximate surface area is 101 Å². The van der Waals surface area contributed by atoms with E-state index in [0.29, 0.717) is 12.0 Å².